The first-order valence-electron chi connectivity index (χ1n) is 4.95. The molecule has 0 aliphatic carbocycles. The molecule has 0 rings (SSSR count). The molecule has 5 heteroatoms. The van der Waals surface area contributed by atoms with Crippen molar-refractivity contribution >= 4 is 23.6 Å². The van der Waals surface area contributed by atoms with Gasteiger partial charge < -0.3 is 10.0 Å². The summed E-state index contributed by atoms with van der Waals surface area (Å²) >= 11 is 1.75. The summed E-state index contributed by atoms with van der Waals surface area (Å²) in [6.07, 6.45) is 2.98. The Balaban J connectivity index is 3.90. The number of carbonyl (C=O) groups is 2. The lowest BCUT2D eigenvalue weighted by Gasteiger charge is -2.24. The first kappa shape index (κ1) is 14.3. The SMILES string of the molecule is CSCCC(C)N(C)C(=O)CCC(=O)O. The second-order valence-corrected chi connectivity index (χ2v) is 4.51. The Labute approximate surface area is 95.0 Å². The van der Waals surface area contributed by atoms with Gasteiger partial charge in [0.05, 0.1) is 6.42 Å². The van der Waals surface area contributed by atoms with Crippen LogP contribution in [0.3, 0.4) is 0 Å². The van der Waals surface area contributed by atoms with Crippen LogP contribution in [0, 0.1) is 0 Å². The molecule has 0 aromatic rings. The molecule has 88 valence electrons. The van der Waals surface area contributed by atoms with Gasteiger partial charge in [0.1, 0.15) is 0 Å². The van der Waals surface area contributed by atoms with E-state index in [-0.39, 0.29) is 24.8 Å². The molecular weight excluding hydrogens is 214 g/mol. The molecular formula is C10H19NO3S. The van der Waals surface area contributed by atoms with Crippen LogP contribution in [0.1, 0.15) is 26.2 Å². The van der Waals surface area contributed by atoms with Crippen molar-refractivity contribution in [3.05, 3.63) is 0 Å². The highest BCUT2D eigenvalue weighted by Crippen LogP contribution is 2.08. The van der Waals surface area contributed by atoms with Gasteiger partial charge in [-0.1, -0.05) is 0 Å². The van der Waals surface area contributed by atoms with Crippen LogP contribution < -0.4 is 0 Å². The standard InChI is InChI=1S/C10H19NO3S/c1-8(6-7-15-3)11(2)9(12)4-5-10(13)14/h8H,4-7H2,1-3H3,(H,13,14). The van der Waals surface area contributed by atoms with E-state index >= 15 is 0 Å². The molecule has 0 spiro atoms. The van der Waals surface area contributed by atoms with Crippen LogP contribution >= 0.6 is 11.8 Å². The number of thioether (sulfide) groups is 1. The van der Waals surface area contributed by atoms with Gasteiger partial charge >= 0.3 is 5.97 Å². The average Bonchev–Trinajstić information content (AvgIpc) is 2.21. The first-order chi connectivity index (χ1) is 6.99. The molecule has 0 aliphatic rings. The molecule has 0 aromatic carbocycles. The number of carbonyl (C=O) groups excluding carboxylic acids is 1. The molecule has 1 amide bonds. The van der Waals surface area contributed by atoms with E-state index in [0.717, 1.165) is 12.2 Å². The third kappa shape index (κ3) is 6.38. The maximum Gasteiger partial charge on any atom is 0.303 e. The Morgan fingerprint density at radius 1 is 1.40 bits per heavy atom. The molecule has 0 fully saturated rings. The molecule has 0 aliphatic heterocycles. The fourth-order valence-corrected chi connectivity index (χ4v) is 1.69. The lowest BCUT2D eigenvalue weighted by atomic mass is 10.2. The van der Waals surface area contributed by atoms with Crippen molar-refractivity contribution in [3.8, 4) is 0 Å². The predicted molar refractivity (Wildman–Crippen MR) is 62.1 cm³/mol. The summed E-state index contributed by atoms with van der Waals surface area (Å²) < 4.78 is 0. The van der Waals surface area contributed by atoms with Gasteiger partial charge in [-0.2, -0.15) is 11.8 Å². The number of hydrogen-bond acceptors (Lipinski definition) is 3. The number of nitrogens with zero attached hydrogens (tertiary/aromatic N) is 1. The Morgan fingerprint density at radius 3 is 2.47 bits per heavy atom. The second-order valence-electron chi connectivity index (χ2n) is 3.53. The van der Waals surface area contributed by atoms with E-state index in [1.54, 1.807) is 23.7 Å². The van der Waals surface area contributed by atoms with Gasteiger partial charge in [-0.25, -0.2) is 0 Å². The maximum absolute atomic E-state index is 11.5. The Hall–Kier alpha value is -0.710. The Morgan fingerprint density at radius 2 is 2.00 bits per heavy atom. The van der Waals surface area contributed by atoms with E-state index in [9.17, 15) is 9.59 Å². The van der Waals surface area contributed by atoms with E-state index in [1.807, 2.05) is 13.2 Å². The lowest BCUT2D eigenvalue weighted by Crippen LogP contribution is -2.35. The third-order valence-electron chi connectivity index (χ3n) is 2.35. The van der Waals surface area contributed by atoms with E-state index in [0.29, 0.717) is 0 Å². The highest BCUT2D eigenvalue weighted by atomic mass is 32.2. The van der Waals surface area contributed by atoms with Gasteiger partial charge in [-0.15, -0.1) is 0 Å². The van der Waals surface area contributed by atoms with Crippen LogP contribution in [0.4, 0.5) is 0 Å². The Kier molecular flexibility index (Phi) is 7.21. The lowest BCUT2D eigenvalue weighted by molar-refractivity contribution is -0.141. The quantitative estimate of drug-likeness (QED) is 0.723. The zero-order valence-electron chi connectivity index (χ0n) is 9.52. The van der Waals surface area contributed by atoms with Crippen LogP contribution in [-0.4, -0.2) is 47.0 Å². The summed E-state index contributed by atoms with van der Waals surface area (Å²) in [7, 11) is 1.73. The van der Waals surface area contributed by atoms with Gasteiger partial charge in [-0.3, -0.25) is 9.59 Å². The zero-order valence-corrected chi connectivity index (χ0v) is 10.3. The van der Waals surface area contributed by atoms with Crippen molar-refractivity contribution in [2.75, 3.05) is 19.1 Å². The van der Waals surface area contributed by atoms with Crippen molar-refractivity contribution < 1.29 is 14.7 Å². The summed E-state index contributed by atoms with van der Waals surface area (Å²) in [4.78, 5) is 23.4. The number of carboxylic acid groups (broad SMARTS) is 1. The molecule has 1 N–H and O–H groups in total. The van der Waals surface area contributed by atoms with E-state index in [1.165, 1.54) is 0 Å². The van der Waals surface area contributed by atoms with Gasteiger partial charge in [0, 0.05) is 19.5 Å². The number of carboxylic acids is 1. The molecule has 0 saturated carbocycles. The number of aliphatic carboxylic acids is 1. The van der Waals surface area contributed by atoms with Crippen molar-refractivity contribution in [1.29, 1.82) is 0 Å². The summed E-state index contributed by atoms with van der Waals surface area (Å²) in [5.74, 6) is -0.00271. The van der Waals surface area contributed by atoms with E-state index in [2.05, 4.69) is 0 Å². The second kappa shape index (κ2) is 7.56. The zero-order chi connectivity index (χ0) is 11.8. The maximum atomic E-state index is 11.5. The molecule has 1 unspecified atom stereocenters. The topological polar surface area (TPSA) is 57.6 Å². The fourth-order valence-electron chi connectivity index (χ4n) is 1.12. The normalized spacial score (nSPS) is 12.2. The largest absolute Gasteiger partial charge is 0.481 e. The van der Waals surface area contributed by atoms with Crippen molar-refractivity contribution in [3.63, 3.8) is 0 Å². The van der Waals surface area contributed by atoms with E-state index < -0.39 is 5.97 Å². The summed E-state index contributed by atoms with van der Waals surface area (Å²) in [5.41, 5.74) is 0. The molecule has 0 bridgehead atoms. The monoisotopic (exact) mass is 233 g/mol. The third-order valence-corrected chi connectivity index (χ3v) is 2.99. The molecule has 4 nitrogen and oxygen atoms in total. The summed E-state index contributed by atoms with van der Waals surface area (Å²) in [5, 5.41) is 8.45. The van der Waals surface area contributed by atoms with Crippen LogP contribution in [0.5, 0.6) is 0 Å². The van der Waals surface area contributed by atoms with E-state index in [4.69, 9.17) is 5.11 Å². The molecule has 0 saturated heterocycles. The minimum Gasteiger partial charge on any atom is -0.481 e. The smallest absolute Gasteiger partial charge is 0.303 e. The van der Waals surface area contributed by atoms with Gasteiger partial charge in [0.25, 0.3) is 0 Å². The van der Waals surface area contributed by atoms with Crippen LogP contribution in [0.15, 0.2) is 0 Å². The molecule has 1 atom stereocenters. The summed E-state index contributed by atoms with van der Waals surface area (Å²) in [6.45, 7) is 1.98. The van der Waals surface area contributed by atoms with Gasteiger partial charge in [0.15, 0.2) is 0 Å². The van der Waals surface area contributed by atoms with Crippen molar-refractivity contribution in [2.24, 2.45) is 0 Å². The van der Waals surface area contributed by atoms with Crippen molar-refractivity contribution in [2.45, 2.75) is 32.2 Å². The number of rotatable bonds is 7. The summed E-state index contributed by atoms with van der Waals surface area (Å²) in [6, 6.07) is 0.179. The highest BCUT2D eigenvalue weighted by molar-refractivity contribution is 7.98. The predicted octanol–water partition coefficient (Wildman–Crippen LogP) is 1.45. The number of amides is 1. The van der Waals surface area contributed by atoms with Gasteiger partial charge in [0.2, 0.25) is 5.91 Å². The average molecular weight is 233 g/mol. The molecule has 0 heterocycles. The highest BCUT2D eigenvalue weighted by Gasteiger charge is 2.15. The minimum absolute atomic E-state index is 0.0849. The van der Waals surface area contributed by atoms with Crippen LogP contribution in [0.2, 0.25) is 0 Å². The Bertz CT molecular complexity index is 221. The van der Waals surface area contributed by atoms with Crippen molar-refractivity contribution in [1.82, 2.24) is 4.90 Å². The van der Waals surface area contributed by atoms with Crippen LogP contribution in [0.25, 0.3) is 0 Å². The molecule has 15 heavy (non-hydrogen) atoms. The molecule has 0 radical (unpaired) electrons. The molecule has 0 aromatic heterocycles. The fraction of sp³-hybridized carbons (Fsp3) is 0.800. The first-order valence-corrected chi connectivity index (χ1v) is 6.34. The minimum atomic E-state index is -0.923. The van der Waals surface area contributed by atoms with Crippen LogP contribution in [-0.2, 0) is 9.59 Å². The number of hydrogen-bond donors (Lipinski definition) is 1. The van der Waals surface area contributed by atoms with Gasteiger partial charge in [-0.05, 0) is 25.4 Å².